The zero-order valence-electron chi connectivity index (χ0n) is 15.2. The number of hydrogen-bond acceptors (Lipinski definition) is 4. The van der Waals surface area contributed by atoms with Crippen LogP contribution >= 0.6 is 0 Å². The highest BCUT2D eigenvalue weighted by atomic mass is 16.5. The molecule has 2 fully saturated rings. The second-order valence-corrected chi connectivity index (χ2v) is 7.22. The van der Waals surface area contributed by atoms with Gasteiger partial charge >= 0.3 is 5.97 Å². The van der Waals surface area contributed by atoms with E-state index in [2.05, 4.69) is 4.98 Å². The molecule has 1 aromatic rings. The number of hydrogen-bond donors (Lipinski definition) is 1. The van der Waals surface area contributed by atoms with E-state index in [9.17, 15) is 14.4 Å². The van der Waals surface area contributed by atoms with Gasteiger partial charge in [-0.1, -0.05) is 12.8 Å². The summed E-state index contributed by atoms with van der Waals surface area (Å²) in [5.74, 6) is -0.389. The van der Waals surface area contributed by atoms with E-state index >= 15 is 0 Å². The molecule has 136 valence electrons. The van der Waals surface area contributed by atoms with Crippen molar-refractivity contribution >= 4 is 17.7 Å². The fourth-order valence-electron chi connectivity index (χ4n) is 3.89. The molecule has 6 nitrogen and oxygen atoms in total. The Bertz CT molecular complexity index is 697. The van der Waals surface area contributed by atoms with Crippen molar-refractivity contribution in [2.24, 2.45) is 5.92 Å². The molecule has 1 aromatic heterocycles. The molecule has 0 aromatic carbocycles. The van der Waals surface area contributed by atoms with Crippen LogP contribution in [0.2, 0.25) is 0 Å². The first-order valence-corrected chi connectivity index (χ1v) is 9.05. The van der Waals surface area contributed by atoms with Gasteiger partial charge in [-0.15, -0.1) is 0 Å². The van der Waals surface area contributed by atoms with Crippen LogP contribution in [-0.4, -0.2) is 47.2 Å². The van der Waals surface area contributed by atoms with Crippen LogP contribution in [0.1, 0.15) is 70.6 Å². The van der Waals surface area contributed by atoms with Gasteiger partial charge in [0.15, 0.2) is 5.78 Å². The van der Waals surface area contributed by atoms with E-state index in [-0.39, 0.29) is 30.2 Å². The van der Waals surface area contributed by atoms with Crippen LogP contribution in [0.5, 0.6) is 0 Å². The Morgan fingerprint density at radius 2 is 1.76 bits per heavy atom. The maximum Gasteiger partial charge on any atom is 0.354 e. The van der Waals surface area contributed by atoms with Crippen molar-refractivity contribution < 1.29 is 19.1 Å². The summed E-state index contributed by atoms with van der Waals surface area (Å²) in [5, 5.41) is 0. The van der Waals surface area contributed by atoms with Crippen LogP contribution in [0.3, 0.4) is 0 Å². The number of Topliss-reactive ketones (excluding diaryl/α,β-unsaturated/α-hetero) is 1. The van der Waals surface area contributed by atoms with Crippen molar-refractivity contribution in [3.05, 3.63) is 22.5 Å². The molecule has 0 atom stereocenters. The second kappa shape index (κ2) is 7.02. The minimum atomic E-state index is -0.485. The SMILES string of the molecule is COC(=O)c1[nH]c(C)c(C(=O)CN(C(=O)C2CCCC2)C2CC2)c1C. The number of ether oxygens (including phenoxy) is 1. The van der Waals surface area contributed by atoms with Gasteiger partial charge in [0.2, 0.25) is 5.91 Å². The maximum absolute atomic E-state index is 12.9. The molecule has 2 saturated carbocycles. The summed E-state index contributed by atoms with van der Waals surface area (Å²) in [6, 6.07) is 0.205. The number of aryl methyl sites for hydroxylation is 1. The Labute approximate surface area is 147 Å². The van der Waals surface area contributed by atoms with E-state index in [1.807, 2.05) is 0 Å². The van der Waals surface area contributed by atoms with Gasteiger partial charge in [0.05, 0.1) is 13.7 Å². The fourth-order valence-corrected chi connectivity index (χ4v) is 3.89. The third-order valence-corrected chi connectivity index (χ3v) is 5.39. The number of rotatable bonds is 6. The van der Waals surface area contributed by atoms with E-state index in [0.29, 0.717) is 22.5 Å². The lowest BCUT2D eigenvalue weighted by Gasteiger charge is -2.25. The van der Waals surface area contributed by atoms with Gasteiger partial charge in [-0.25, -0.2) is 4.79 Å². The molecule has 1 N–H and O–H groups in total. The molecule has 0 radical (unpaired) electrons. The van der Waals surface area contributed by atoms with Crippen molar-refractivity contribution in [1.82, 2.24) is 9.88 Å². The number of carbonyl (C=O) groups excluding carboxylic acids is 3. The minimum absolute atomic E-state index is 0.0763. The van der Waals surface area contributed by atoms with Gasteiger partial charge in [-0.3, -0.25) is 9.59 Å². The highest BCUT2D eigenvalue weighted by Gasteiger charge is 2.38. The summed E-state index contributed by atoms with van der Waals surface area (Å²) in [6.07, 6.45) is 6.02. The predicted octanol–water partition coefficient (Wildman–Crippen LogP) is 2.78. The number of nitrogens with one attached hydrogen (secondary N) is 1. The van der Waals surface area contributed by atoms with Gasteiger partial charge in [0, 0.05) is 23.2 Å². The van der Waals surface area contributed by atoms with Crippen LogP contribution in [-0.2, 0) is 9.53 Å². The minimum Gasteiger partial charge on any atom is -0.464 e. The standard InChI is InChI=1S/C19H26N2O4/c1-11-16(12(2)20-17(11)19(24)25-3)15(22)10-21(14-8-9-14)18(23)13-6-4-5-7-13/h13-14,20H,4-10H2,1-3H3. The van der Waals surface area contributed by atoms with Crippen molar-refractivity contribution in [1.29, 1.82) is 0 Å². The van der Waals surface area contributed by atoms with E-state index in [0.717, 1.165) is 38.5 Å². The number of ketones is 1. The maximum atomic E-state index is 12.9. The van der Waals surface area contributed by atoms with Gasteiger partial charge in [0.1, 0.15) is 5.69 Å². The molecule has 0 unspecified atom stereocenters. The van der Waals surface area contributed by atoms with Crippen LogP contribution in [0, 0.1) is 19.8 Å². The van der Waals surface area contributed by atoms with E-state index in [1.54, 1.807) is 18.7 Å². The van der Waals surface area contributed by atoms with E-state index in [1.165, 1.54) is 7.11 Å². The van der Waals surface area contributed by atoms with Crippen LogP contribution in [0.4, 0.5) is 0 Å². The molecule has 2 aliphatic carbocycles. The number of H-pyrrole nitrogens is 1. The topological polar surface area (TPSA) is 79.5 Å². The average Bonchev–Trinajstić information content (AvgIpc) is 3.19. The largest absolute Gasteiger partial charge is 0.464 e. The average molecular weight is 346 g/mol. The Morgan fingerprint density at radius 3 is 2.32 bits per heavy atom. The third kappa shape index (κ3) is 3.48. The number of esters is 1. The fraction of sp³-hybridized carbons (Fsp3) is 0.632. The summed E-state index contributed by atoms with van der Waals surface area (Å²) in [6.45, 7) is 3.61. The molecule has 2 aliphatic rings. The van der Waals surface area contributed by atoms with Crippen molar-refractivity contribution in [3.8, 4) is 0 Å². The van der Waals surface area contributed by atoms with Crippen LogP contribution in [0.25, 0.3) is 0 Å². The molecule has 25 heavy (non-hydrogen) atoms. The Morgan fingerprint density at radius 1 is 1.12 bits per heavy atom. The Hall–Kier alpha value is -2.11. The molecule has 6 heteroatoms. The van der Waals surface area contributed by atoms with E-state index in [4.69, 9.17) is 4.74 Å². The quantitative estimate of drug-likeness (QED) is 0.634. The smallest absolute Gasteiger partial charge is 0.354 e. The molecule has 1 heterocycles. The number of amides is 1. The zero-order chi connectivity index (χ0) is 18.1. The monoisotopic (exact) mass is 346 g/mol. The Balaban J connectivity index is 1.79. The lowest BCUT2D eigenvalue weighted by molar-refractivity contribution is -0.135. The summed E-state index contributed by atoms with van der Waals surface area (Å²) in [4.78, 5) is 42.3. The first-order chi connectivity index (χ1) is 11.9. The molecule has 1 amide bonds. The number of aromatic amines is 1. The number of nitrogens with zero attached hydrogens (tertiary/aromatic N) is 1. The molecular formula is C19H26N2O4. The van der Waals surface area contributed by atoms with Crippen molar-refractivity contribution in [2.75, 3.05) is 13.7 Å². The van der Waals surface area contributed by atoms with Gasteiger partial charge in [-0.2, -0.15) is 0 Å². The van der Waals surface area contributed by atoms with Crippen LogP contribution < -0.4 is 0 Å². The Kier molecular flexibility index (Phi) is 4.97. The first-order valence-electron chi connectivity index (χ1n) is 9.05. The molecule has 0 saturated heterocycles. The second-order valence-electron chi connectivity index (χ2n) is 7.22. The van der Waals surface area contributed by atoms with Gasteiger partial charge in [0.25, 0.3) is 0 Å². The summed E-state index contributed by atoms with van der Waals surface area (Å²) in [7, 11) is 1.31. The van der Waals surface area contributed by atoms with Crippen molar-refractivity contribution in [3.63, 3.8) is 0 Å². The normalized spacial score (nSPS) is 17.6. The highest BCUT2D eigenvalue weighted by molar-refractivity contribution is 6.04. The highest BCUT2D eigenvalue weighted by Crippen LogP contribution is 2.33. The van der Waals surface area contributed by atoms with Crippen molar-refractivity contribution in [2.45, 2.75) is 58.4 Å². The first kappa shape index (κ1) is 17.7. The van der Waals surface area contributed by atoms with Gasteiger partial charge in [-0.05, 0) is 45.1 Å². The molecule has 3 rings (SSSR count). The molecular weight excluding hydrogens is 320 g/mol. The lowest BCUT2D eigenvalue weighted by atomic mass is 10.0. The molecule has 0 aliphatic heterocycles. The number of methoxy groups -OCH3 is 1. The summed E-state index contributed by atoms with van der Waals surface area (Å²) >= 11 is 0. The lowest BCUT2D eigenvalue weighted by Crippen LogP contribution is -2.40. The summed E-state index contributed by atoms with van der Waals surface area (Å²) in [5.41, 5.74) is 2.05. The summed E-state index contributed by atoms with van der Waals surface area (Å²) < 4.78 is 4.75. The predicted molar refractivity (Wildman–Crippen MR) is 92.6 cm³/mol. The van der Waals surface area contributed by atoms with E-state index < -0.39 is 5.97 Å². The number of carbonyl (C=O) groups is 3. The third-order valence-electron chi connectivity index (χ3n) is 5.39. The van der Waals surface area contributed by atoms with Gasteiger partial charge < -0.3 is 14.6 Å². The molecule has 0 bridgehead atoms. The zero-order valence-corrected chi connectivity index (χ0v) is 15.2. The number of aromatic nitrogens is 1. The van der Waals surface area contributed by atoms with Crippen LogP contribution in [0.15, 0.2) is 0 Å². The molecule has 0 spiro atoms.